The normalized spacial score (nSPS) is 11.3. The van der Waals surface area contributed by atoms with E-state index in [0.717, 1.165) is 89.4 Å². The van der Waals surface area contributed by atoms with Crippen molar-refractivity contribution in [1.29, 1.82) is 0 Å². The zero-order chi connectivity index (χ0) is 31.9. The van der Waals surface area contributed by atoms with Gasteiger partial charge in [-0.05, 0) is 68.8 Å². The maximum Gasteiger partial charge on any atom is 4.00 e. The molecule has 2 aliphatic rings. The molecule has 0 unspecified atom stereocenters. The third-order valence-electron chi connectivity index (χ3n) is 8.86. The van der Waals surface area contributed by atoms with E-state index in [2.05, 4.69) is 146 Å². The molecular weight excluding hydrogens is 661 g/mol. The van der Waals surface area contributed by atoms with Gasteiger partial charge < -0.3 is 24.8 Å². The topological polar surface area (TPSA) is 54.0 Å². The summed E-state index contributed by atoms with van der Waals surface area (Å²) >= 11 is 0. The van der Waals surface area contributed by atoms with Crippen LogP contribution in [0.4, 0.5) is 0 Å². The summed E-state index contributed by atoms with van der Waals surface area (Å²) < 4.78 is 0. The smallest absolute Gasteiger partial charge is 0.657 e. The van der Waals surface area contributed by atoms with Gasteiger partial charge >= 0.3 is 17.4 Å². The second kappa shape index (κ2) is 14.9. The monoisotopic (exact) mass is 694 g/mol. The van der Waals surface area contributed by atoms with Crippen LogP contribution in [0.1, 0.15) is 22.8 Å². The molecule has 244 valence electrons. The summed E-state index contributed by atoms with van der Waals surface area (Å²) in [7, 11) is 0. The molecule has 4 aromatic carbocycles. The van der Waals surface area contributed by atoms with Crippen molar-refractivity contribution >= 4 is 46.4 Å². The van der Waals surface area contributed by atoms with Crippen molar-refractivity contribution in [3.63, 3.8) is 0 Å². The number of hydrogen-bond acceptors (Lipinski definition) is 2. The molecule has 4 nitrogen and oxygen atoms in total. The van der Waals surface area contributed by atoms with Crippen LogP contribution in [-0.4, -0.2) is 9.97 Å². The molecule has 0 N–H and O–H groups in total. The number of benzene rings is 4. The molecule has 0 aliphatic carbocycles. The Morgan fingerprint density at radius 3 is 0.725 bits per heavy atom. The van der Waals surface area contributed by atoms with Crippen LogP contribution in [0.2, 0.25) is 0 Å². The molecule has 0 fully saturated rings. The molecule has 0 saturated heterocycles. The van der Waals surface area contributed by atoms with Crippen molar-refractivity contribution in [3.8, 4) is 44.5 Å². The van der Waals surface area contributed by atoms with Gasteiger partial charge in [0.15, 0.2) is 0 Å². The number of nitrogens with zero attached hydrogens (tertiary/aromatic N) is 4. The summed E-state index contributed by atoms with van der Waals surface area (Å²) in [6, 6.07) is 50.0. The number of rotatable bonds is 4. The van der Waals surface area contributed by atoms with Gasteiger partial charge in [0.05, 0.1) is 22.8 Å². The van der Waals surface area contributed by atoms with E-state index < -0.39 is 0 Å². The van der Waals surface area contributed by atoms with E-state index in [9.17, 15) is 0 Å². The van der Waals surface area contributed by atoms with Crippen molar-refractivity contribution in [1.82, 2.24) is 19.9 Å². The van der Waals surface area contributed by atoms with E-state index in [1.165, 1.54) is 0 Å². The zero-order valence-corrected chi connectivity index (χ0v) is 29.6. The van der Waals surface area contributed by atoms with Crippen LogP contribution in [0, 0.1) is 14.9 Å². The van der Waals surface area contributed by atoms with Crippen LogP contribution in [-0.2, 0) is 17.4 Å². The number of fused-ring (bicyclic) bond motifs is 8. The standard InChI is InChI=1S/C44H28N4.2CH3.Cr/c1-5-13-29(14-6-1)41-33-21-23-35(45-33)42(30-15-7-2-8-16-30)37-25-27-39(47-37)44(32-19-11-4-12-20-32)40-28-26-38(48-40)43(31-17-9-3-10-18-31)36-24-22-34(41)46-36;;;/h1-28H;2*1H3;/q-2;2*-1;+4. The molecule has 0 amide bonds. The van der Waals surface area contributed by atoms with Crippen molar-refractivity contribution in [2.24, 2.45) is 0 Å². The second-order valence-corrected chi connectivity index (χ2v) is 11.8. The second-order valence-electron chi connectivity index (χ2n) is 11.8. The van der Waals surface area contributed by atoms with Crippen molar-refractivity contribution in [3.05, 3.63) is 183 Å². The predicted molar refractivity (Wildman–Crippen MR) is 211 cm³/mol. The van der Waals surface area contributed by atoms with Gasteiger partial charge in [-0.2, -0.15) is 0 Å². The Morgan fingerprint density at radius 2 is 0.510 bits per heavy atom. The molecular formula is C46H34CrN4. The third kappa shape index (κ3) is 6.42. The molecule has 5 heteroatoms. The van der Waals surface area contributed by atoms with E-state index in [4.69, 9.17) is 19.9 Å². The van der Waals surface area contributed by atoms with Crippen molar-refractivity contribution in [2.75, 3.05) is 0 Å². The first kappa shape index (κ1) is 34.9. The van der Waals surface area contributed by atoms with Gasteiger partial charge in [-0.25, -0.2) is 9.97 Å². The fourth-order valence-electron chi connectivity index (χ4n) is 6.69. The molecule has 9 rings (SSSR count). The van der Waals surface area contributed by atoms with E-state index in [-0.39, 0.29) is 32.2 Å². The molecule has 0 radical (unpaired) electrons. The summed E-state index contributed by atoms with van der Waals surface area (Å²) in [5.41, 5.74) is 15.0. The molecule has 0 saturated carbocycles. The predicted octanol–water partition coefficient (Wildman–Crippen LogP) is 11.5. The first-order chi connectivity index (χ1) is 23.8. The fraction of sp³-hybridized carbons (Fsp3) is 0. The van der Waals surface area contributed by atoms with Crippen LogP contribution in [0.15, 0.2) is 146 Å². The maximum absolute atomic E-state index is 5.31. The Morgan fingerprint density at radius 1 is 0.294 bits per heavy atom. The first-order valence-electron chi connectivity index (χ1n) is 16.1. The zero-order valence-electron chi connectivity index (χ0n) is 28.4. The third-order valence-corrected chi connectivity index (χ3v) is 8.86. The average Bonchev–Trinajstić information content (AvgIpc) is 3.98. The van der Waals surface area contributed by atoms with E-state index in [0.29, 0.717) is 0 Å². The number of hydrogen-bond donors (Lipinski definition) is 0. The van der Waals surface area contributed by atoms with Crippen LogP contribution in [0.25, 0.3) is 90.9 Å². The summed E-state index contributed by atoms with van der Waals surface area (Å²) in [6.07, 6.45) is 8.41. The summed E-state index contributed by atoms with van der Waals surface area (Å²) in [5.74, 6) is 0. The molecule has 5 heterocycles. The Bertz CT molecular complexity index is 2180. The largest absolute Gasteiger partial charge is 4.00 e. The molecule has 0 spiro atoms. The Balaban J connectivity index is 0.00000149. The molecule has 7 aromatic rings. The summed E-state index contributed by atoms with van der Waals surface area (Å²) in [4.78, 5) is 21.2. The molecule has 8 bridgehead atoms. The minimum absolute atomic E-state index is 0. The molecule has 0 atom stereocenters. The maximum atomic E-state index is 5.31. The Hall–Kier alpha value is -5.99. The minimum Gasteiger partial charge on any atom is -0.657 e. The SMILES string of the molecule is C1=Cc2nc1c(-c1ccccc1)c1ccc([n-]1)c(-c1ccccc1)c1nc(c(-c3ccccc3)c3ccc([n-]3)c2-c2ccccc2)C=C1.[CH3-].[CH3-].[Cr+4]. The minimum atomic E-state index is 0. The van der Waals surface area contributed by atoms with Gasteiger partial charge in [0, 0.05) is 0 Å². The van der Waals surface area contributed by atoms with Crippen molar-refractivity contribution < 1.29 is 17.4 Å². The van der Waals surface area contributed by atoms with Gasteiger partial charge in [-0.15, -0.1) is 22.1 Å². The summed E-state index contributed by atoms with van der Waals surface area (Å²) in [6.45, 7) is 0. The van der Waals surface area contributed by atoms with E-state index in [1.54, 1.807) is 0 Å². The summed E-state index contributed by atoms with van der Waals surface area (Å²) in [5, 5.41) is 0. The fourth-order valence-corrected chi connectivity index (χ4v) is 6.69. The van der Waals surface area contributed by atoms with Gasteiger partial charge in [-0.1, -0.05) is 146 Å². The molecule has 2 aliphatic heterocycles. The van der Waals surface area contributed by atoms with Crippen LogP contribution in [0.5, 0.6) is 0 Å². The van der Waals surface area contributed by atoms with Crippen LogP contribution < -0.4 is 9.97 Å². The quantitative estimate of drug-likeness (QED) is 0.172. The molecule has 51 heavy (non-hydrogen) atoms. The van der Waals surface area contributed by atoms with Gasteiger partial charge in [0.2, 0.25) is 0 Å². The van der Waals surface area contributed by atoms with Crippen LogP contribution >= 0.6 is 0 Å². The Kier molecular flexibility index (Phi) is 10.2. The van der Waals surface area contributed by atoms with Crippen LogP contribution in [0.3, 0.4) is 0 Å². The average molecular weight is 695 g/mol. The first-order valence-corrected chi connectivity index (χ1v) is 16.1. The van der Waals surface area contributed by atoms with E-state index >= 15 is 0 Å². The van der Waals surface area contributed by atoms with Gasteiger partial charge in [0.25, 0.3) is 0 Å². The molecule has 3 aromatic heterocycles. The van der Waals surface area contributed by atoms with Gasteiger partial charge in [0.1, 0.15) is 0 Å². The van der Waals surface area contributed by atoms with Crippen molar-refractivity contribution in [2.45, 2.75) is 0 Å². The number of aromatic nitrogens is 4. The van der Waals surface area contributed by atoms with Gasteiger partial charge in [-0.3, -0.25) is 0 Å². The Labute approximate surface area is 310 Å². The van der Waals surface area contributed by atoms with E-state index in [1.807, 2.05) is 24.3 Å².